The molecular formula is C13H10N2O2. The molecule has 84 valence electrons. The molecule has 2 amide bonds. The van der Waals surface area contributed by atoms with Crippen LogP contribution in [0.3, 0.4) is 0 Å². The third-order valence-corrected chi connectivity index (χ3v) is 2.87. The van der Waals surface area contributed by atoms with Crippen molar-refractivity contribution < 1.29 is 9.59 Å². The number of hydrogen-bond acceptors (Lipinski definition) is 2. The smallest absolute Gasteiger partial charge is 0.259 e. The van der Waals surface area contributed by atoms with Crippen molar-refractivity contribution in [1.29, 1.82) is 0 Å². The minimum absolute atomic E-state index is 0.298. The first-order valence-corrected chi connectivity index (χ1v) is 5.34. The van der Waals surface area contributed by atoms with Crippen LogP contribution in [0.1, 0.15) is 26.3 Å². The Balaban J connectivity index is 2.07. The van der Waals surface area contributed by atoms with Gasteiger partial charge in [-0.05, 0) is 23.8 Å². The molecule has 0 aliphatic carbocycles. The summed E-state index contributed by atoms with van der Waals surface area (Å²) in [7, 11) is 0. The molecule has 1 aliphatic rings. The molecule has 0 saturated heterocycles. The first-order valence-electron chi connectivity index (χ1n) is 5.34. The van der Waals surface area contributed by atoms with Crippen LogP contribution >= 0.6 is 0 Å². The van der Waals surface area contributed by atoms with Gasteiger partial charge in [0.15, 0.2) is 0 Å². The Morgan fingerprint density at radius 1 is 1.00 bits per heavy atom. The summed E-state index contributed by atoms with van der Waals surface area (Å²) in [5.74, 6) is -0.605. The fourth-order valence-electron chi connectivity index (χ4n) is 2.09. The van der Waals surface area contributed by atoms with E-state index < -0.39 is 0 Å². The average molecular weight is 226 g/mol. The molecule has 1 N–H and O–H groups in total. The first kappa shape index (κ1) is 9.84. The van der Waals surface area contributed by atoms with E-state index in [2.05, 4.69) is 5.32 Å². The highest BCUT2D eigenvalue weighted by Crippen LogP contribution is 2.20. The summed E-state index contributed by atoms with van der Waals surface area (Å²) in [6, 6.07) is 9.20. The predicted molar refractivity (Wildman–Crippen MR) is 61.8 cm³/mol. The second kappa shape index (κ2) is 3.59. The quantitative estimate of drug-likeness (QED) is 0.787. The van der Waals surface area contributed by atoms with E-state index in [-0.39, 0.29) is 11.8 Å². The van der Waals surface area contributed by atoms with Gasteiger partial charge < -0.3 is 4.57 Å². The van der Waals surface area contributed by atoms with E-state index in [0.717, 1.165) is 5.56 Å². The van der Waals surface area contributed by atoms with Gasteiger partial charge in [-0.2, -0.15) is 0 Å². The van der Waals surface area contributed by atoms with E-state index in [1.165, 1.54) is 0 Å². The molecule has 0 fully saturated rings. The van der Waals surface area contributed by atoms with Crippen molar-refractivity contribution in [2.24, 2.45) is 0 Å². The molecule has 3 rings (SSSR count). The number of hydrogen-bond donors (Lipinski definition) is 1. The van der Waals surface area contributed by atoms with Crippen molar-refractivity contribution in [3.8, 4) is 0 Å². The van der Waals surface area contributed by atoms with Crippen molar-refractivity contribution in [3.63, 3.8) is 0 Å². The number of fused-ring (bicyclic) bond motifs is 1. The lowest BCUT2D eigenvalue weighted by atomic mass is 10.0. The minimum atomic E-state index is -0.306. The third kappa shape index (κ3) is 1.54. The lowest BCUT2D eigenvalue weighted by Gasteiger charge is -2.06. The van der Waals surface area contributed by atoms with Gasteiger partial charge in [0.1, 0.15) is 0 Å². The summed E-state index contributed by atoms with van der Waals surface area (Å²) in [6.07, 6.45) is 3.85. The van der Waals surface area contributed by atoms with E-state index in [4.69, 9.17) is 0 Å². The number of nitrogens with zero attached hydrogens (tertiary/aromatic N) is 1. The number of imide groups is 1. The molecular weight excluding hydrogens is 216 g/mol. The molecule has 0 bridgehead atoms. The topological polar surface area (TPSA) is 51.1 Å². The van der Waals surface area contributed by atoms with E-state index in [9.17, 15) is 9.59 Å². The maximum absolute atomic E-state index is 11.7. The fraction of sp³-hybridized carbons (Fsp3) is 0.0769. The molecule has 0 radical (unpaired) electrons. The maximum atomic E-state index is 11.7. The van der Waals surface area contributed by atoms with Crippen LogP contribution in [-0.4, -0.2) is 16.4 Å². The summed E-state index contributed by atoms with van der Waals surface area (Å²) in [5, 5.41) is 2.32. The van der Waals surface area contributed by atoms with Gasteiger partial charge in [0.05, 0.1) is 11.1 Å². The molecule has 1 aromatic carbocycles. The Bertz CT molecular complexity index is 600. The van der Waals surface area contributed by atoms with Crippen LogP contribution in [0.15, 0.2) is 42.7 Å². The standard InChI is InChI=1S/C13H10N2O2/c16-12-10-5-3-4-9(11(10)13(17)14-12)8-15-6-1-2-7-15/h1-7H,8H2,(H,14,16,17). The summed E-state index contributed by atoms with van der Waals surface area (Å²) in [4.78, 5) is 23.2. The highest BCUT2D eigenvalue weighted by Gasteiger charge is 2.28. The summed E-state index contributed by atoms with van der Waals surface area (Å²) in [6.45, 7) is 0.594. The second-order valence-electron chi connectivity index (χ2n) is 3.98. The zero-order valence-corrected chi connectivity index (χ0v) is 9.01. The van der Waals surface area contributed by atoms with E-state index >= 15 is 0 Å². The molecule has 4 heteroatoms. The van der Waals surface area contributed by atoms with Gasteiger partial charge in [-0.1, -0.05) is 12.1 Å². The van der Waals surface area contributed by atoms with Gasteiger partial charge >= 0.3 is 0 Å². The number of carbonyl (C=O) groups excluding carboxylic acids is 2. The number of amides is 2. The van der Waals surface area contributed by atoms with Crippen LogP contribution in [0.2, 0.25) is 0 Å². The van der Waals surface area contributed by atoms with Crippen LogP contribution < -0.4 is 5.32 Å². The van der Waals surface area contributed by atoms with Crippen LogP contribution in [-0.2, 0) is 6.54 Å². The van der Waals surface area contributed by atoms with Crippen molar-refractivity contribution in [2.75, 3.05) is 0 Å². The fourth-order valence-corrected chi connectivity index (χ4v) is 2.09. The van der Waals surface area contributed by atoms with Crippen LogP contribution in [0.5, 0.6) is 0 Å². The van der Waals surface area contributed by atoms with Gasteiger partial charge in [-0.25, -0.2) is 0 Å². The number of aromatic nitrogens is 1. The first-order chi connectivity index (χ1) is 8.25. The van der Waals surface area contributed by atoms with Crippen molar-refractivity contribution in [3.05, 3.63) is 59.4 Å². The zero-order valence-electron chi connectivity index (χ0n) is 9.01. The third-order valence-electron chi connectivity index (χ3n) is 2.87. The molecule has 0 atom stereocenters. The van der Waals surface area contributed by atoms with Gasteiger partial charge in [0, 0.05) is 18.9 Å². The molecule has 0 spiro atoms. The van der Waals surface area contributed by atoms with E-state index in [1.54, 1.807) is 12.1 Å². The van der Waals surface area contributed by atoms with E-state index in [0.29, 0.717) is 17.7 Å². The lowest BCUT2D eigenvalue weighted by molar-refractivity contribution is 0.0879. The predicted octanol–water partition coefficient (Wildman–Crippen LogP) is 1.42. The van der Waals surface area contributed by atoms with Crippen molar-refractivity contribution >= 4 is 11.8 Å². The number of benzene rings is 1. The molecule has 2 heterocycles. The highest BCUT2D eigenvalue weighted by atomic mass is 16.2. The number of nitrogens with one attached hydrogen (secondary N) is 1. The Labute approximate surface area is 97.9 Å². The van der Waals surface area contributed by atoms with Crippen LogP contribution in [0.4, 0.5) is 0 Å². The van der Waals surface area contributed by atoms with Gasteiger partial charge in [0.2, 0.25) is 0 Å². The molecule has 4 nitrogen and oxygen atoms in total. The maximum Gasteiger partial charge on any atom is 0.259 e. The Kier molecular flexibility index (Phi) is 2.08. The molecule has 17 heavy (non-hydrogen) atoms. The molecule has 1 aliphatic heterocycles. The number of carbonyl (C=O) groups is 2. The Hall–Kier alpha value is -2.36. The van der Waals surface area contributed by atoms with Gasteiger partial charge in [0.25, 0.3) is 11.8 Å². The molecule has 2 aromatic rings. The zero-order chi connectivity index (χ0) is 11.8. The Morgan fingerprint density at radius 2 is 1.76 bits per heavy atom. The number of rotatable bonds is 2. The normalized spacial score (nSPS) is 13.6. The van der Waals surface area contributed by atoms with Gasteiger partial charge in [-0.3, -0.25) is 14.9 Å². The monoisotopic (exact) mass is 226 g/mol. The van der Waals surface area contributed by atoms with Crippen LogP contribution in [0.25, 0.3) is 0 Å². The van der Waals surface area contributed by atoms with E-state index in [1.807, 2.05) is 35.2 Å². The SMILES string of the molecule is O=C1NC(=O)c2c(Cn3cccc3)cccc21. The summed E-state index contributed by atoms with van der Waals surface area (Å²) < 4.78 is 1.96. The highest BCUT2D eigenvalue weighted by molar-refractivity contribution is 6.22. The molecule has 0 unspecified atom stereocenters. The lowest BCUT2D eigenvalue weighted by Crippen LogP contribution is -2.20. The van der Waals surface area contributed by atoms with Crippen molar-refractivity contribution in [1.82, 2.24) is 9.88 Å². The van der Waals surface area contributed by atoms with Crippen molar-refractivity contribution in [2.45, 2.75) is 6.54 Å². The molecule has 1 aromatic heterocycles. The van der Waals surface area contributed by atoms with Crippen LogP contribution in [0, 0.1) is 0 Å². The Morgan fingerprint density at radius 3 is 2.53 bits per heavy atom. The summed E-state index contributed by atoms with van der Waals surface area (Å²) in [5.41, 5.74) is 1.84. The summed E-state index contributed by atoms with van der Waals surface area (Å²) >= 11 is 0. The van der Waals surface area contributed by atoms with Gasteiger partial charge in [-0.15, -0.1) is 0 Å². The average Bonchev–Trinajstić information content (AvgIpc) is 2.90. The minimum Gasteiger partial charge on any atom is -0.350 e. The molecule has 0 saturated carbocycles. The second-order valence-corrected chi connectivity index (χ2v) is 3.98. The largest absolute Gasteiger partial charge is 0.350 e.